The molecule has 0 aliphatic carbocycles. The number of carbonyl (C=O) groups is 1. The van der Waals surface area contributed by atoms with Crippen molar-refractivity contribution in [3.05, 3.63) is 52.1 Å². The summed E-state index contributed by atoms with van der Waals surface area (Å²) in [4.78, 5) is 16.0. The summed E-state index contributed by atoms with van der Waals surface area (Å²) >= 11 is 6.92. The number of nitrogens with zero attached hydrogens (tertiary/aromatic N) is 3. The van der Waals surface area contributed by atoms with Crippen molar-refractivity contribution in [1.82, 2.24) is 20.1 Å². The fourth-order valence-corrected chi connectivity index (χ4v) is 4.19. The number of likely N-dealkylation sites (N-methyl/N-ethyl adjacent to an activating group) is 1. The maximum atomic E-state index is 12.8. The number of aromatic nitrogens is 3. The Labute approximate surface area is 174 Å². The van der Waals surface area contributed by atoms with Gasteiger partial charge in [-0.2, -0.15) is 5.10 Å². The summed E-state index contributed by atoms with van der Waals surface area (Å²) in [6, 6.07) is 11.8. The van der Waals surface area contributed by atoms with Crippen LogP contribution in [-0.4, -0.2) is 40.3 Å². The third kappa shape index (κ3) is 4.34. The predicted molar refractivity (Wildman–Crippen MR) is 118 cm³/mol. The van der Waals surface area contributed by atoms with E-state index in [-0.39, 0.29) is 5.91 Å². The predicted octanol–water partition coefficient (Wildman–Crippen LogP) is 4.18. The van der Waals surface area contributed by atoms with Crippen molar-refractivity contribution in [2.45, 2.75) is 26.8 Å². The van der Waals surface area contributed by atoms with Gasteiger partial charge in [-0.3, -0.25) is 14.5 Å². The quantitative estimate of drug-likeness (QED) is 0.542. The highest BCUT2D eigenvalue weighted by Crippen LogP contribution is 2.25. The van der Waals surface area contributed by atoms with Crippen LogP contribution in [0.15, 0.2) is 41.8 Å². The van der Waals surface area contributed by atoms with Crippen molar-refractivity contribution < 1.29 is 4.79 Å². The Balaban J connectivity index is 1.65. The Bertz CT molecular complexity index is 977. The molecule has 0 radical (unpaired) electrons. The minimum atomic E-state index is -0.447. The first kappa shape index (κ1) is 20.3. The zero-order valence-electron chi connectivity index (χ0n) is 16.3. The Morgan fingerprint density at radius 2 is 2.14 bits per heavy atom. The fourth-order valence-electron chi connectivity index (χ4n) is 3.19. The number of benzene rings is 1. The average Bonchev–Trinajstić information content (AvgIpc) is 3.35. The molecule has 0 aliphatic heterocycles. The molecule has 8 heteroatoms. The van der Waals surface area contributed by atoms with Gasteiger partial charge in [-0.15, -0.1) is 11.3 Å². The van der Waals surface area contributed by atoms with Crippen molar-refractivity contribution in [1.29, 1.82) is 0 Å². The van der Waals surface area contributed by atoms with Crippen LogP contribution in [0.3, 0.4) is 0 Å². The number of aryl methyl sites for hydroxylation is 1. The van der Waals surface area contributed by atoms with Crippen LogP contribution in [0.4, 0.5) is 5.69 Å². The molecule has 2 aromatic heterocycles. The lowest BCUT2D eigenvalue weighted by Gasteiger charge is -2.25. The third-order valence-electron chi connectivity index (χ3n) is 4.73. The Hall–Kier alpha value is -2.45. The monoisotopic (exact) mass is 415 g/mol. The number of carbonyl (C=O) groups excluding carboxylic acids is 1. The van der Waals surface area contributed by atoms with Gasteiger partial charge in [0, 0.05) is 25.3 Å². The van der Waals surface area contributed by atoms with Crippen LogP contribution >= 0.6 is 23.6 Å². The maximum Gasteiger partial charge on any atom is 0.243 e. The summed E-state index contributed by atoms with van der Waals surface area (Å²) in [7, 11) is 0. The highest BCUT2D eigenvalue weighted by Gasteiger charge is 2.21. The van der Waals surface area contributed by atoms with E-state index in [0.717, 1.165) is 18.0 Å². The SMILES string of the molecule is CCN(CCNC(=O)C(C)n1c(-c2cccs2)n[nH]c1=S)c1ccccc1C. The molecular weight excluding hydrogens is 390 g/mol. The van der Waals surface area contributed by atoms with Gasteiger partial charge < -0.3 is 10.2 Å². The van der Waals surface area contributed by atoms with Crippen LogP contribution in [0, 0.1) is 11.7 Å². The second-order valence-electron chi connectivity index (χ2n) is 6.53. The number of rotatable bonds is 8. The first-order valence-corrected chi connectivity index (χ1v) is 10.6. The van der Waals surface area contributed by atoms with Crippen molar-refractivity contribution in [3.63, 3.8) is 0 Å². The van der Waals surface area contributed by atoms with Gasteiger partial charge in [-0.25, -0.2) is 0 Å². The van der Waals surface area contributed by atoms with E-state index >= 15 is 0 Å². The van der Waals surface area contributed by atoms with Gasteiger partial charge in [0.15, 0.2) is 10.6 Å². The molecule has 0 aliphatic rings. The smallest absolute Gasteiger partial charge is 0.243 e. The van der Waals surface area contributed by atoms with E-state index in [1.807, 2.05) is 36.6 Å². The van der Waals surface area contributed by atoms with Crippen LogP contribution in [0.1, 0.15) is 25.5 Å². The van der Waals surface area contributed by atoms with Gasteiger partial charge in [-0.1, -0.05) is 24.3 Å². The molecule has 6 nitrogen and oxygen atoms in total. The molecule has 148 valence electrons. The molecule has 1 aromatic carbocycles. The van der Waals surface area contributed by atoms with Crippen molar-refractivity contribution >= 4 is 35.1 Å². The molecule has 3 aromatic rings. The number of thiophene rings is 1. The van der Waals surface area contributed by atoms with Crippen LogP contribution in [0.5, 0.6) is 0 Å². The lowest BCUT2D eigenvalue weighted by atomic mass is 10.2. The lowest BCUT2D eigenvalue weighted by Crippen LogP contribution is -2.38. The molecule has 1 unspecified atom stereocenters. The maximum absolute atomic E-state index is 12.8. The molecule has 2 N–H and O–H groups in total. The van der Waals surface area contributed by atoms with Gasteiger partial charge in [0.2, 0.25) is 5.91 Å². The van der Waals surface area contributed by atoms with E-state index < -0.39 is 6.04 Å². The number of aromatic amines is 1. The molecule has 1 atom stereocenters. The molecular formula is C20H25N5OS2. The molecule has 2 heterocycles. The van der Waals surface area contributed by atoms with Crippen LogP contribution in [0.2, 0.25) is 0 Å². The standard InChI is InChI=1S/C20H25N5OS2/c1-4-24(16-9-6-5-8-14(16)2)12-11-21-19(26)15(3)25-18(22-23-20(25)27)17-10-7-13-28-17/h5-10,13,15H,4,11-12H2,1-3H3,(H,21,26)(H,23,27). The summed E-state index contributed by atoms with van der Waals surface area (Å²) in [6.07, 6.45) is 0. The fraction of sp³-hybridized carbons (Fsp3) is 0.350. The summed E-state index contributed by atoms with van der Waals surface area (Å²) < 4.78 is 2.22. The summed E-state index contributed by atoms with van der Waals surface area (Å²) in [6.45, 7) is 8.25. The molecule has 0 bridgehead atoms. The highest BCUT2D eigenvalue weighted by atomic mass is 32.1. The molecule has 0 saturated heterocycles. The van der Waals surface area contributed by atoms with Crippen LogP contribution in [0.25, 0.3) is 10.7 Å². The third-order valence-corrected chi connectivity index (χ3v) is 5.89. The molecule has 28 heavy (non-hydrogen) atoms. The van der Waals surface area contributed by atoms with Gasteiger partial charge in [0.05, 0.1) is 4.88 Å². The van der Waals surface area contributed by atoms with Crippen molar-refractivity contribution in [2.24, 2.45) is 0 Å². The average molecular weight is 416 g/mol. The summed E-state index contributed by atoms with van der Waals surface area (Å²) in [5, 5.41) is 12.1. The second kappa shape index (κ2) is 9.16. The second-order valence-corrected chi connectivity index (χ2v) is 7.87. The normalized spacial score (nSPS) is 12.0. The largest absolute Gasteiger partial charge is 0.370 e. The Morgan fingerprint density at radius 1 is 1.36 bits per heavy atom. The van der Waals surface area contributed by atoms with E-state index in [1.54, 1.807) is 15.9 Å². The van der Waals surface area contributed by atoms with Crippen molar-refractivity contribution in [3.8, 4) is 10.7 Å². The zero-order valence-corrected chi connectivity index (χ0v) is 17.9. The van der Waals surface area contributed by atoms with E-state index in [2.05, 4.69) is 46.4 Å². The Morgan fingerprint density at radius 3 is 2.82 bits per heavy atom. The summed E-state index contributed by atoms with van der Waals surface area (Å²) in [5.74, 6) is 0.619. The number of hydrogen-bond donors (Lipinski definition) is 2. The minimum Gasteiger partial charge on any atom is -0.370 e. The number of hydrogen-bond acceptors (Lipinski definition) is 5. The molecule has 1 amide bonds. The van der Waals surface area contributed by atoms with E-state index in [0.29, 0.717) is 17.1 Å². The number of amides is 1. The van der Waals surface area contributed by atoms with Gasteiger partial charge in [0.25, 0.3) is 0 Å². The molecule has 0 spiro atoms. The number of nitrogens with one attached hydrogen (secondary N) is 2. The molecule has 3 rings (SSSR count). The topological polar surface area (TPSA) is 66.0 Å². The van der Waals surface area contributed by atoms with E-state index in [1.165, 1.54) is 11.3 Å². The first-order chi connectivity index (χ1) is 13.5. The van der Waals surface area contributed by atoms with Crippen LogP contribution in [-0.2, 0) is 4.79 Å². The highest BCUT2D eigenvalue weighted by molar-refractivity contribution is 7.71. The molecule has 0 saturated carbocycles. The number of para-hydroxylation sites is 1. The lowest BCUT2D eigenvalue weighted by molar-refractivity contribution is -0.123. The summed E-state index contributed by atoms with van der Waals surface area (Å²) in [5.41, 5.74) is 2.43. The van der Waals surface area contributed by atoms with Crippen LogP contribution < -0.4 is 10.2 Å². The minimum absolute atomic E-state index is 0.0730. The zero-order chi connectivity index (χ0) is 20.1. The van der Waals surface area contributed by atoms with E-state index in [4.69, 9.17) is 12.2 Å². The number of H-pyrrole nitrogens is 1. The van der Waals surface area contributed by atoms with Gasteiger partial charge in [0.1, 0.15) is 6.04 Å². The van der Waals surface area contributed by atoms with Crippen molar-refractivity contribution in [2.75, 3.05) is 24.5 Å². The Kier molecular flexibility index (Phi) is 6.64. The van der Waals surface area contributed by atoms with Gasteiger partial charge >= 0.3 is 0 Å². The van der Waals surface area contributed by atoms with Gasteiger partial charge in [-0.05, 0) is 56.1 Å². The van der Waals surface area contributed by atoms with E-state index in [9.17, 15) is 4.79 Å². The molecule has 0 fully saturated rings. The number of anilines is 1. The first-order valence-electron chi connectivity index (χ1n) is 9.32.